The van der Waals surface area contributed by atoms with Gasteiger partial charge in [0.1, 0.15) is 6.17 Å². The first-order valence-electron chi connectivity index (χ1n) is 5.10. The topological polar surface area (TPSA) is 19.4 Å². The molecule has 0 spiro atoms. The van der Waals surface area contributed by atoms with Crippen molar-refractivity contribution in [3.8, 4) is 0 Å². The smallest absolute Gasteiger partial charge is 0.106 e. The van der Waals surface area contributed by atoms with Crippen molar-refractivity contribution in [1.29, 1.82) is 0 Å². The van der Waals surface area contributed by atoms with Crippen LogP contribution in [0, 0.1) is 0 Å². The normalized spacial score (nSPS) is 21.3. The second-order valence-electron chi connectivity index (χ2n) is 3.94. The molecule has 1 aliphatic heterocycles. The van der Waals surface area contributed by atoms with E-state index in [0.29, 0.717) is 6.17 Å². The molecule has 2 heterocycles. The van der Waals surface area contributed by atoms with Crippen molar-refractivity contribution >= 4 is 0 Å². The van der Waals surface area contributed by atoms with Gasteiger partial charge in [-0.3, -0.25) is 14.8 Å². The van der Waals surface area contributed by atoms with E-state index in [2.05, 4.69) is 41.0 Å². The van der Waals surface area contributed by atoms with Crippen molar-refractivity contribution in [2.75, 3.05) is 27.2 Å². The Hall–Kier alpha value is -0.930. The summed E-state index contributed by atoms with van der Waals surface area (Å²) < 4.78 is 0. The van der Waals surface area contributed by atoms with Crippen molar-refractivity contribution in [3.05, 3.63) is 30.1 Å². The number of pyridine rings is 1. The van der Waals surface area contributed by atoms with Gasteiger partial charge in [-0.25, -0.2) is 0 Å². The minimum atomic E-state index is 0.352. The fourth-order valence-corrected chi connectivity index (χ4v) is 2.13. The van der Waals surface area contributed by atoms with Gasteiger partial charge in [0.25, 0.3) is 0 Å². The Morgan fingerprint density at radius 3 is 2.50 bits per heavy atom. The molecule has 0 amide bonds. The molecular weight excluding hydrogens is 174 g/mol. The van der Waals surface area contributed by atoms with Crippen molar-refractivity contribution in [2.24, 2.45) is 0 Å². The van der Waals surface area contributed by atoms with E-state index in [-0.39, 0.29) is 0 Å². The Labute approximate surface area is 85.4 Å². The van der Waals surface area contributed by atoms with Gasteiger partial charge in [-0.05, 0) is 32.6 Å². The van der Waals surface area contributed by atoms with E-state index < -0.39 is 0 Å². The lowest BCUT2D eigenvalue weighted by atomic mass is 10.2. The standard InChI is InChI=1S/C11H17N3/c1-13-8-5-9-14(2)11(13)10-6-3-4-7-12-10/h3-4,6-7,11H,5,8-9H2,1-2H3. The van der Waals surface area contributed by atoms with Crippen molar-refractivity contribution in [2.45, 2.75) is 12.6 Å². The number of hydrogen-bond donors (Lipinski definition) is 0. The first-order chi connectivity index (χ1) is 6.79. The minimum Gasteiger partial charge on any atom is -0.286 e. The molecule has 0 bridgehead atoms. The van der Waals surface area contributed by atoms with E-state index >= 15 is 0 Å². The molecule has 0 aromatic carbocycles. The molecule has 3 heteroatoms. The third-order valence-electron chi connectivity index (χ3n) is 2.81. The lowest BCUT2D eigenvalue weighted by Gasteiger charge is -2.39. The zero-order chi connectivity index (χ0) is 9.97. The predicted molar refractivity (Wildman–Crippen MR) is 56.9 cm³/mol. The second-order valence-corrected chi connectivity index (χ2v) is 3.94. The van der Waals surface area contributed by atoms with Gasteiger partial charge in [0.05, 0.1) is 5.69 Å². The molecule has 1 aromatic heterocycles. The largest absolute Gasteiger partial charge is 0.286 e. The van der Waals surface area contributed by atoms with Crippen LogP contribution in [0.15, 0.2) is 24.4 Å². The molecule has 0 saturated carbocycles. The maximum atomic E-state index is 4.42. The first kappa shape index (κ1) is 9.62. The fraction of sp³-hybridized carbons (Fsp3) is 0.545. The summed E-state index contributed by atoms with van der Waals surface area (Å²) in [6.07, 6.45) is 3.46. The Balaban J connectivity index is 2.23. The van der Waals surface area contributed by atoms with Crippen LogP contribution >= 0.6 is 0 Å². The Bertz CT molecular complexity index is 276. The molecule has 0 atom stereocenters. The molecule has 0 unspecified atom stereocenters. The van der Waals surface area contributed by atoms with Gasteiger partial charge >= 0.3 is 0 Å². The third kappa shape index (κ3) is 1.79. The molecule has 1 fully saturated rings. The van der Waals surface area contributed by atoms with Crippen LogP contribution in [0.25, 0.3) is 0 Å². The molecule has 0 aliphatic carbocycles. The van der Waals surface area contributed by atoms with E-state index in [1.807, 2.05) is 12.3 Å². The quantitative estimate of drug-likeness (QED) is 0.668. The molecule has 0 radical (unpaired) electrons. The molecule has 2 rings (SSSR count). The lowest BCUT2D eigenvalue weighted by molar-refractivity contribution is 0.0385. The second kappa shape index (κ2) is 4.07. The van der Waals surface area contributed by atoms with E-state index in [1.165, 1.54) is 6.42 Å². The van der Waals surface area contributed by atoms with Gasteiger partial charge in [0.15, 0.2) is 0 Å². The summed E-state index contributed by atoms with van der Waals surface area (Å²) in [6.45, 7) is 2.32. The van der Waals surface area contributed by atoms with Crippen LogP contribution in [-0.2, 0) is 0 Å². The average molecular weight is 191 g/mol. The van der Waals surface area contributed by atoms with Crippen LogP contribution in [0.3, 0.4) is 0 Å². The highest BCUT2D eigenvalue weighted by Gasteiger charge is 2.25. The Morgan fingerprint density at radius 1 is 1.21 bits per heavy atom. The van der Waals surface area contributed by atoms with Crippen LogP contribution in [0.1, 0.15) is 18.3 Å². The molecule has 14 heavy (non-hydrogen) atoms. The van der Waals surface area contributed by atoms with Crippen molar-refractivity contribution < 1.29 is 0 Å². The monoisotopic (exact) mass is 191 g/mol. The van der Waals surface area contributed by atoms with Gasteiger partial charge in [-0.1, -0.05) is 6.07 Å². The molecule has 0 N–H and O–H groups in total. The van der Waals surface area contributed by atoms with Gasteiger partial charge in [0, 0.05) is 19.3 Å². The highest BCUT2D eigenvalue weighted by atomic mass is 15.4. The maximum absolute atomic E-state index is 4.42. The van der Waals surface area contributed by atoms with Gasteiger partial charge < -0.3 is 0 Å². The number of aromatic nitrogens is 1. The summed E-state index contributed by atoms with van der Waals surface area (Å²) in [5.41, 5.74) is 1.15. The van der Waals surface area contributed by atoms with E-state index in [1.54, 1.807) is 0 Å². The molecule has 1 aliphatic rings. The van der Waals surface area contributed by atoms with Crippen LogP contribution < -0.4 is 0 Å². The minimum absolute atomic E-state index is 0.352. The third-order valence-corrected chi connectivity index (χ3v) is 2.81. The number of hydrogen-bond acceptors (Lipinski definition) is 3. The summed E-state index contributed by atoms with van der Waals surface area (Å²) in [5, 5.41) is 0. The highest BCUT2D eigenvalue weighted by Crippen LogP contribution is 2.24. The molecule has 76 valence electrons. The summed E-state index contributed by atoms with van der Waals surface area (Å²) in [7, 11) is 4.32. The Kier molecular flexibility index (Phi) is 2.79. The summed E-state index contributed by atoms with van der Waals surface area (Å²) in [6, 6.07) is 6.12. The average Bonchev–Trinajstić information content (AvgIpc) is 2.19. The van der Waals surface area contributed by atoms with E-state index in [0.717, 1.165) is 18.8 Å². The SMILES string of the molecule is CN1CCCN(C)C1c1ccccn1. The molecule has 1 saturated heterocycles. The highest BCUT2D eigenvalue weighted by molar-refractivity contribution is 5.08. The van der Waals surface area contributed by atoms with Crippen molar-refractivity contribution in [3.63, 3.8) is 0 Å². The number of nitrogens with zero attached hydrogens (tertiary/aromatic N) is 3. The molecule has 1 aromatic rings. The van der Waals surface area contributed by atoms with E-state index in [4.69, 9.17) is 0 Å². The van der Waals surface area contributed by atoms with Gasteiger partial charge in [0.2, 0.25) is 0 Å². The summed E-state index contributed by atoms with van der Waals surface area (Å²) in [4.78, 5) is 9.13. The summed E-state index contributed by atoms with van der Waals surface area (Å²) >= 11 is 0. The zero-order valence-electron chi connectivity index (χ0n) is 8.85. The van der Waals surface area contributed by atoms with E-state index in [9.17, 15) is 0 Å². The fourth-order valence-electron chi connectivity index (χ4n) is 2.13. The van der Waals surface area contributed by atoms with Crippen LogP contribution in [0.4, 0.5) is 0 Å². The van der Waals surface area contributed by atoms with Gasteiger partial charge in [-0.15, -0.1) is 0 Å². The van der Waals surface area contributed by atoms with Gasteiger partial charge in [-0.2, -0.15) is 0 Å². The molecule has 3 nitrogen and oxygen atoms in total. The zero-order valence-corrected chi connectivity index (χ0v) is 8.85. The van der Waals surface area contributed by atoms with Crippen LogP contribution in [-0.4, -0.2) is 42.0 Å². The molecular formula is C11H17N3. The summed E-state index contributed by atoms with van der Waals surface area (Å²) in [5.74, 6) is 0. The lowest BCUT2D eigenvalue weighted by Crippen LogP contribution is -2.44. The Morgan fingerprint density at radius 2 is 1.93 bits per heavy atom. The van der Waals surface area contributed by atoms with Crippen LogP contribution in [0.5, 0.6) is 0 Å². The maximum Gasteiger partial charge on any atom is 0.106 e. The predicted octanol–water partition coefficient (Wildman–Crippen LogP) is 1.35. The van der Waals surface area contributed by atoms with Crippen molar-refractivity contribution in [1.82, 2.24) is 14.8 Å². The number of rotatable bonds is 1. The van der Waals surface area contributed by atoms with Crippen LogP contribution in [0.2, 0.25) is 0 Å². The first-order valence-corrected chi connectivity index (χ1v) is 5.10.